The average Bonchev–Trinajstić information content (AvgIpc) is 2.46. The van der Waals surface area contributed by atoms with Crippen LogP contribution in [0.25, 0.3) is 10.8 Å². The van der Waals surface area contributed by atoms with Crippen LogP contribution in [0.1, 0.15) is 25.0 Å². The summed E-state index contributed by atoms with van der Waals surface area (Å²) < 4.78 is 0. The van der Waals surface area contributed by atoms with Crippen molar-refractivity contribution in [2.75, 3.05) is 6.54 Å². The normalized spacial score (nSPS) is 14.1. The zero-order valence-corrected chi connectivity index (χ0v) is 11.4. The molecule has 0 spiro atoms. The van der Waals surface area contributed by atoms with Crippen LogP contribution < -0.4 is 5.32 Å². The van der Waals surface area contributed by atoms with E-state index in [0.717, 1.165) is 16.3 Å². The fourth-order valence-electron chi connectivity index (χ4n) is 2.19. The Balaban J connectivity index is 2.07. The van der Waals surface area contributed by atoms with E-state index in [0.29, 0.717) is 6.42 Å². The van der Waals surface area contributed by atoms with Gasteiger partial charge in [-0.2, -0.15) is 0 Å². The van der Waals surface area contributed by atoms with E-state index < -0.39 is 18.1 Å². The van der Waals surface area contributed by atoms with Crippen molar-refractivity contribution in [2.24, 2.45) is 0 Å². The molecule has 0 aromatic heterocycles. The minimum atomic E-state index is -0.891. The third-order valence-electron chi connectivity index (χ3n) is 3.42. The largest absolute Gasteiger partial charge is 0.480 e. The summed E-state index contributed by atoms with van der Waals surface area (Å²) in [5.41, 5.74) is 0.788. The van der Waals surface area contributed by atoms with Crippen LogP contribution >= 0.6 is 0 Å². The molecular formula is C16H19NO3. The molecule has 0 radical (unpaired) electrons. The number of carboxylic acid groups (broad SMARTS) is 1. The SMILES string of the molecule is CCC(NCC(O)c1ccc2ccccc2c1)C(=O)O. The molecule has 2 aromatic carbocycles. The maximum atomic E-state index is 10.9. The molecule has 20 heavy (non-hydrogen) atoms. The van der Waals surface area contributed by atoms with Crippen LogP contribution in [0.2, 0.25) is 0 Å². The van der Waals surface area contributed by atoms with Gasteiger partial charge >= 0.3 is 5.97 Å². The van der Waals surface area contributed by atoms with Crippen LogP contribution in [0.3, 0.4) is 0 Å². The van der Waals surface area contributed by atoms with Crippen molar-refractivity contribution in [3.8, 4) is 0 Å². The van der Waals surface area contributed by atoms with Crippen molar-refractivity contribution in [3.63, 3.8) is 0 Å². The van der Waals surface area contributed by atoms with Crippen LogP contribution in [-0.2, 0) is 4.79 Å². The van der Waals surface area contributed by atoms with Gasteiger partial charge in [-0.1, -0.05) is 43.3 Å². The standard InChI is InChI=1S/C16H19NO3/c1-2-14(16(19)20)17-10-15(18)13-8-7-11-5-3-4-6-12(11)9-13/h3-9,14-15,17-18H,2,10H2,1H3,(H,19,20). The maximum absolute atomic E-state index is 10.9. The molecule has 0 aliphatic carbocycles. The Hall–Kier alpha value is -1.91. The fraction of sp³-hybridized carbons (Fsp3) is 0.312. The lowest BCUT2D eigenvalue weighted by atomic mass is 10.0. The minimum absolute atomic E-state index is 0.225. The highest BCUT2D eigenvalue weighted by atomic mass is 16.4. The number of hydrogen-bond acceptors (Lipinski definition) is 3. The predicted molar refractivity (Wildman–Crippen MR) is 78.6 cm³/mol. The molecular weight excluding hydrogens is 254 g/mol. The van der Waals surface area contributed by atoms with E-state index in [4.69, 9.17) is 5.11 Å². The molecule has 3 N–H and O–H groups in total. The van der Waals surface area contributed by atoms with Crippen LogP contribution in [0.5, 0.6) is 0 Å². The van der Waals surface area contributed by atoms with Crippen molar-refractivity contribution in [2.45, 2.75) is 25.5 Å². The van der Waals surface area contributed by atoms with Crippen molar-refractivity contribution in [3.05, 3.63) is 48.0 Å². The van der Waals surface area contributed by atoms with Gasteiger partial charge in [-0.3, -0.25) is 4.79 Å². The highest BCUT2D eigenvalue weighted by molar-refractivity contribution is 5.83. The predicted octanol–water partition coefficient (Wildman–Crippen LogP) is 2.33. The zero-order valence-electron chi connectivity index (χ0n) is 11.4. The molecule has 0 saturated heterocycles. The fourth-order valence-corrected chi connectivity index (χ4v) is 2.19. The molecule has 4 heteroatoms. The Labute approximate surface area is 118 Å². The van der Waals surface area contributed by atoms with Gasteiger partial charge in [0.1, 0.15) is 6.04 Å². The Bertz CT molecular complexity index is 597. The zero-order chi connectivity index (χ0) is 14.5. The van der Waals surface area contributed by atoms with Gasteiger partial charge < -0.3 is 15.5 Å². The number of aliphatic carboxylic acids is 1. The first-order valence-corrected chi connectivity index (χ1v) is 6.74. The van der Waals surface area contributed by atoms with E-state index in [-0.39, 0.29) is 6.54 Å². The van der Waals surface area contributed by atoms with Crippen molar-refractivity contribution >= 4 is 16.7 Å². The van der Waals surface area contributed by atoms with Crippen LogP contribution in [0.15, 0.2) is 42.5 Å². The molecule has 2 unspecified atom stereocenters. The number of hydrogen-bond donors (Lipinski definition) is 3. The number of fused-ring (bicyclic) bond motifs is 1. The Kier molecular flexibility index (Phi) is 4.71. The molecule has 0 aliphatic rings. The van der Waals surface area contributed by atoms with E-state index in [1.807, 2.05) is 42.5 Å². The summed E-state index contributed by atoms with van der Waals surface area (Å²) in [4.78, 5) is 10.9. The van der Waals surface area contributed by atoms with Crippen molar-refractivity contribution < 1.29 is 15.0 Å². The number of rotatable bonds is 6. The van der Waals surface area contributed by atoms with Gasteiger partial charge in [0.2, 0.25) is 0 Å². The number of aliphatic hydroxyl groups excluding tert-OH is 1. The number of aliphatic hydroxyl groups is 1. The minimum Gasteiger partial charge on any atom is -0.480 e. The summed E-state index contributed by atoms with van der Waals surface area (Å²) in [5.74, 6) is -0.891. The summed E-state index contributed by atoms with van der Waals surface area (Å²) in [7, 11) is 0. The first kappa shape index (κ1) is 14.5. The number of carboxylic acids is 1. The van der Waals surface area contributed by atoms with Crippen molar-refractivity contribution in [1.29, 1.82) is 0 Å². The molecule has 0 amide bonds. The summed E-state index contributed by atoms with van der Waals surface area (Å²) in [6, 6.07) is 13.1. The first-order valence-electron chi connectivity index (χ1n) is 6.74. The van der Waals surface area contributed by atoms with Gasteiger partial charge in [0.25, 0.3) is 0 Å². The van der Waals surface area contributed by atoms with Gasteiger partial charge in [0.05, 0.1) is 6.10 Å². The van der Waals surface area contributed by atoms with Gasteiger partial charge in [-0.15, -0.1) is 0 Å². The second kappa shape index (κ2) is 6.50. The van der Waals surface area contributed by atoms with Crippen LogP contribution in [0.4, 0.5) is 0 Å². The molecule has 0 bridgehead atoms. The lowest BCUT2D eigenvalue weighted by Gasteiger charge is -2.16. The van der Waals surface area contributed by atoms with Gasteiger partial charge in [0, 0.05) is 6.54 Å². The monoisotopic (exact) mass is 273 g/mol. The lowest BCUT2D eigenvalue weighted by Crippen LogP contribution is -2.38. The Morgan fingerprint density at radius 1 is 1.20 bits per heavy atom. The summed E-state index contributed by atoms with van der Waals surface area (Å²) in [5, 5.41) is 24.2. The van der Waals surface area contributed by atoms with Gasteiger partial charge in [-0.25, -0.2) is 0 Å². The lowest BCUT2D eigenvalue weighted by molar-refractivity contribution is -0.139. The molecule has 2 atom stereocenters. The Morgan fingerprint density at radius 2 is 1.90 bits per heavy atom. The highest BCUT2D eigenvalue weighted by Crippen LogP contribution is 2.20. The second-order valence-corrected chi connectivity index (χ2v) is 4.83. The van der Waals surface area contributed by atoms with E-state index >= 15 is 0 Å². The highest BCUT2D eigenvalue weighted by Gasteiger charge is 2.16. The van der Waals surface area contributed by atoms with Crippen molar-refractivity contribution in [1.82, 2.24) is 5.32 Å². The first-order chi connectivity index (χ1) is 9.61. The quantitative estimate of drug-likeness (QED) is 0.755. The molecule has 2 rings (SSSR count). The van der Waals surface area contributed by atoms with E-state index in [2.05, 4.69) is 5.32 Å². The average molecular weight is 273 g/mol. The van der Waals surface area contributed by atoms with Gasteiger partial charge in [-0.05, 0) is 28.8 Å². The number of nitrogens with one attached hydrogen (secondary N) is 1. The molecule has 106 valence electrons. The third kappa shape index (κ3) is 3.35. The molecule has 0 fully saturated rings. The Morgan fingerprint density at radius 3 is 2.55 bits per heavy atom. The number of carbonyl (C=O) groups is 1. The third-order valence-corrected chi connectivity index (χ3v) is 3.42. The van der Waals surface area contributed by atoms with E-state index in [9.17, 15) is 9.90 Å². The van der Waals surface area contributed by atoms with E-state index in [1.165, 1.54) is 0 Å². The number of benzene rings is 2. The maximum Gasteiger partial charge on any atom is 0.320 e. The molecule has 0 aliphatic heterocycles. The molecule has 0 heterocycles. The summed E-state index contributed by atoms with van der Waals surface area (Å²) in [6.45, 7) is 2.03. The summed E-state index contributed by atoms with van der Waals surface area (Å²) in [6.07, 6.45) is -0.229. The molecule has 4 nitrogen and oxygen atoms in total. The smallest absolute Gasteiger partial charge is 0.320 e. The van der Waals surface area contributed by atoms with Crippen LogP contribution in [-0.4, -0.2) is 28.8 Å². The molecule has 0 saturated carbocycles. The summed E-state index contributed by atoms with van der Waals surface area (Å²) >= 11 is 0. The second-order valence-electron chi connectivity index (χ2n) is 4.83. The van der Waals surface area contributed by atoms with Crippen LogP contribution in [0, 0.1) is 0 Å². The van der Waals surface area contributed by atoms with Gasteiger partial charge in [0.15, 0.2) is 0 Å². The topological polar surface area (TPSA) is 69.6 Å². The molecule has 2 aromatic rings. The van der Waals surface area contributed by atoms with E-state index in [1.54, 1.807) is 6.92 Å².